The van der Waals surface area contributed by atoms with Crippen LogP contribution in [-0.2, 0) is 14.4 Å². The third kappa shape index (κ3) is 6.31. The molecule has 2 fully saturated rings. The lowest BCUT2D eigenvalue weighted by Crippen LogP contribution is -2.51. The van der Waals surface area contributed by atoms with E-state index in [1.165, 1.54) is 12.8 Å². The molecule has 0 saturated carbocycles. The fraction of sp³-hybridized carbons (Fsp3) is 0.640. The summed E-state index contributed by atoms with van der Waals surface area (Å²) in [7, 11) is 0. The summed E-state index contributed by atoms with van der Waals surface area (Å²) in [6.45, 7) is 3.36. The standard InChI is InChI=1S/C25H36N2O4/c1-2-3-4-5-9-16-24(29)26-17-11-15-22(26)25(30)27-18-10-14-21(27)23(28)19-31-20-12-7-6-8-13-20/h6-8,12-13,21-22H,2-5,9-11,14-19H2,1H3/t21-,22-/m0/s1. The van der Waals surface area contributed by atoms with E-state index in [1.54, 1.807) is 9.80 Å². The molecule has 0 radical (unpaired) electrons. The summed E-state index contributed by atoms with van der Waals surface area (Å²) in [6.07, 6.45) is 9.04. The second-order valence-corrected chi connectivity index (χ2v) is 8.67. The number of carbonyl (C=O) groups is 3. The Morgan fingerprint density at radius 2 is 1.58 bits per heavy atom. The average Bonchev–Trinajstić information content (AvgIpc) is 3.47. The molecule has 2 aliphatic rings. The predicted octanol–water partition coefficient (Wildman–Crippen LogP) is 3.98. The Morgan fingerprint density at radius 3 is 2.32 bits per heavy atom. The van der Waals surface area contributed by atoms with Gasteiger partial charge in [0.1, 0.15) is 18.4 Å². The minimum atomic E-state index is -0.442. The van der Waals surface area contributed by atoms with E-state index in [2.05, 4.69) is 6.92 Å². The highest BCUT2D eigenvalue weighted by molar-refractivity contribution is 5.94. The first kappa shape index (κ1) is 23.3. The second-order valence-electron chi connectivity index (χ2n) is 8.67. The number of hydrogen-bond donors (Lipinski definition) is 0. The maximum atomic E-state index is 13.3. The van der Waals surface area contributed by atoms with Crippen LogP contribution in [0.1, 0.15) is 71.1 Å². The van der Waals surface area contributed by atoms with E-state index in [9.17, 15) is 14.4 Å². The first-order chi connectivity index (χ1) is 15.1. The predicted molar refractivity (Wildman–Crippen MR) is 120 cm³/mol. The molecule has 2 atom stereocenters. The lowest BCUT2D eigenvalue weighted by Gasteiger charge is -2.31. The van der Waals surface area contributed by atoms with Crippen molar-refractivity contribution >= 4 is 17.6 Å². The Kier molecular flexibility index (Phi) is 8.92. The molecule has 2 aliphatic heterocycles. The minimum absolute atomic E-state index is 0.0382. The molecule has 0 aromatic heterocycles. The van der Waals surface area contributed by atoms with Gasteiger partial charge in [-0.2, -0.15) is 0 Å². The third-order valence-electron chi connectivity index (χ3n) is 6.38. The van der Waals surface area contributed by atoms with Crippen molar-refractivity contribution < 1.29 is 19.1 Å². The van der Waals surface area contributed by atoms with Crippen LogP contribution in [0.2, 0.25) is 0 Å². The van der Waals surface area contributed by atoms with Gasteiger partial charge in [-0.05, 0) is 44.2 Å². The number of rotatable bonds is 11. The number of amides is 2. The Balaban J connectivity index is 1.53. The molecular formula is C25H36N2O4. The highest BCUT2D eigenvalue weighted by Crippen LogP contribution is 2.26. The lowest BCUT2D eigenvalue weighted by molar-refractivity contribution is -0.146. The molecule has 0 unspecified atom stereocenters. The maximum Gasteiger partial charge on any atom is 0.245 e. The van der Waals surface area contributed by atoms with Crippen molar-refractivity contribution in [3.8, 4) is 5.75 Å². The summed E-state index contributed by atoms with van der Waals surface area (Å²) in [5, 5.41) is 0. The van der Waals surface area contributed by atoms with E-state index in [0.29, 0.717) is 38.1 Å². The number of Topliss-reactive ketones (excluding diaryl/α,β-unsaturated/α-hetero) is 1. The fourth-order valence-electron chi connectivity index (χ4n) is 4.67. The Morgan fingerprint density at radius 1 is 0.903 bits per heavy atom. The molecule has 0 aliphatic carbocycles. The first-order valence-corrected chi connectivity index (χ1v) is 11.9. The third-order valence-corrected chi connectivity index (χ3v) is 6.38. The van der Waals surface area contributed by atoms with E-state index in [1.807, 2.05) is 30.3 Å². The van der Waals surface area contributed by atoms with Gasteiger partial charge < -0.3 is 14.5 Å². The van der Waals surface area contributed by atoms with Crippen molar-refractivity contribution in [3.05, 3.63) is 30.3 Å². The molecule has 0 spiro atoms. The monoisotopic (exact) mass is 428 g/mol. The van der Waals surface area contributed by atoms with Crippen LogP contribution in [0.25, 0.3) is 0 Å². The Hall–Kier alpha value is -2.37. The van der Waals surface area contributed by atoms with E-state index in [0.717, 1.165) is 32.1 Å². The van der Waals surface area contributed by atoms with Crippen molar-refractivity contribution in [3.63, 3.8) is 0 Å². The van der Waals surface area contributed by atoms with Crippen LogP contribution >= 0.6 is 0 Å². The minimum Gasteiger partial charge on any atom is -0.486 e. The van der Waals surface area contributed by atoms with Crippen molar-refractivity contribution in [1.82, 2.24) is 9.80 Å². The van der Waals surface area contributed by atoms with Crippen LogP contribution in [-0.4, -0.2) is 59.2 Å². The fourth-order valence-corrected chi connectivity index (χ4v) is 4.67. The number of para-hydroxylation sites is 1. The summed E-state index contributed by atoms with van der Waals surface area (Å²) in [5.41, 5.74) is 0. The molecule has 1 aromatic carbocycles. The normalized spacial score (nSPS) is 20.8. The number of carbonyl (C=O) groups excluding carboxylic acids is 3. The van der Waals surface area contributed by atoms with Crippen LogP contribution in [0.15, 0.2) is 30.3 Å². The van der Waals surface area contributed by atoms with Gasteiger partial charge in [-0.15, -0.1) is 0 Å². The molecule has 6 nitrogen and oxygen atoms in total. The molecular weight excluding hydrogens is 392 g/mol. The van der Waals surface area contributed by atoms with Gasteiger partial charge in [0, 0.05) is 19.5 Å². The van der Waals surface area contributed by atoms with Crippen LogP contribution < -0.4 is 4.74 Å². The van der Waals surface area contributed by atoms with Gasteiger partial charge in [0.05, 0.1) is 6.04 Å². The van der Waals surface area contributed by atoms with Crippen LogP contribution in [0.5, 0.6) is 5.75 Å². The zero-order valence-corrected chi connectivity index (χ0v) is 18.8. The van der Waals surface area contributed by atoms with Gasteiger partial charge in [0.2, 0.25) is 11.8 Å². The SMILES string of the molecule is CCCCCCCC(=O)N1CCC[C@H]1C(=O)N1CCC[C@H]1C(=O)COc1ccccc1. The summed E-state index contributed by atoms with van der Waals surface area (Å²) >= 11 is 0. The van der Waals surface area contributed by atoms with Crippen molar-refractivity contribution in [2.24, 2.45) is 0 Å². The number of nitrogens with zero attached hydrogens (tertiary/aromatic N) is 2. The molecule has 0 bridgehead atoms. The number of likely N-dealkylation sites (tertiary alicyclic amines) is 2. The maximum absolute atomic E-state index is 13.3. The lowest BCUT2D eigenvalue weighted by atomic mass is 10.1. The molecule has 2 saturated heterocycles. The number of ketones is 1. The number of benzene rings is 1. The van der Waals surface area contributed by atoms with Gasteiger partial charge in [0.15, 0.2) is 5.78 Å². The van der Waals surface area contributed by atoms with Crippen molar-refractivity contribution in [2.45, 2.75) is 83.2 Å². The van der Waals surface area contributed by atoms with Gasteiger partial charge in [-0.3, -0.25) is 14.4 Å². The molecule has 2 heterocycles. The molecule has 6 heteroatoms. The smallest absolute Gasteiger partial charge is 0.245 e. The van der Waals surface area contributed by atoms with Crippen LogP contribution in [0.4, 0.5) is 0 Å². The summed E-state index contributed by atoms with van der Waals surface area (Å²) in [5.74, 6) is 0.606. The molecule has 170 valence electrons. The highest BCUT2D eigenvalue weighted by Gasteiger charge is 2.41. The molecule has 0 N–H and O–H groups in total. The molecule has 1 aromatic rings. The largest absolute Gasteiger partial charge is 0.486 e. The molecule has 2 amide bonds. The van der Waals surface area contributed by atoms with E-state index < -0.39 is 12.1 Å². The molecule has 3 rings (SSSR count). The van der Waals surface area contributed by atoms with Gasteiger partial charge in [-0.1, -0.05) is 50.8 Å². The van der Waals surface area contributed by atoms with E-state index in [4.69, 9.17) is 4.74 Å². The number of ether oxygens (including phenoxy) is 1. The van der Waals surface area contributed by atoms with Gasteiger partial charge in [0.25, 0.3) is 0 Å². The highest BCUT2D eigenvalue weighted by atomic mass is 16.5. The zero-order valence-electron chi connectivity index (χ0n) is 18.8. The van der Waals surface area contributed by atoms with E-state index >= 15 is 0 Å². The second kappa shape index (κ2) is 11.9. The van der Waals surface area contributed by atoms with Crippen molar-refractivity contribution in [2.75, 3.05) is 19.7 Å². The van der Waals surface area contributed by atoms with E-state index in [-0.39, 0.29) is 24.2 Å². The van der Waals surface area contributed by atoms with Crippen LogP contribution in [0.3, 0.4) is 0 Å². The zero-order chi connectivity index (χ0) is 22.1. The topological polar surface area (TPSA) is 66.9 Å². The Bertz CT molecular complexity index is 736. The summed E-state index contributed by atoms with van der Waals surface area (Å²) in [6, 6.07) is 8.40. The average molecular weight is 429 g/mol. The van der Waals surface area contributed by atoms with Crippen molar-refractivity contribution in [1.29, 1.82) is 0 Å². The van der Waals surface area contributed by atoms with Gasteiger partial charge >= 0.3 is 0 Å². The van der Waals surface area contributed by atoms with Gasteiger partial charge in [-0.25, -0.2) is 0 Å². The number of hydrogen-bond acceptors (Lipinski definition) is 4. The quantitative estimate of drug-likeness (QED) is 0.500. The Labute approximate surface area is 185 Å². The first-order valence-electron chi connectivity index (χ1n) is 11.9. The molecule has 31 heavy (non-hydrogen) atoms. The summed E-state index contributed by atoms with van der Waals surface area (Å²) in [4.78, 5) is 42.3. The number of unbranched alkanes of at least 4 members (excludes halogenated alkanes) is 4. The van der Waals surface area contributed by atoms with Crippen LogP contribution in [0, 0.1) is 0 Å². The summed E-state index contributed by atoms with van der Waals surface area (Å²) < 4.78 is 5.61.